The van der Waals surface area contributed by atoms with Crippen LogP contribution < -0.4 is 10.9 Å². The molecule has 4 rings (SSSR count). The predicted molar refractivity (Wildman–Crippen MR) is 107 cm³/mol. The summed E-state index contributed by atoms with van der Waals surface area (Å²) in [6, 6.07) is 3.67. The van der Waals surface area contributed by atoms with Crippen molar-refractivity contribution in [1.29, 1.82) is 0 Å². The normalized spacial score (nSPS) is 20.2. The van der Waals surface area contributed by atoms with Gasteiger partial charge in [-0.05, 0) is 37.5 Å². The minimum atomic E-state index is -0.342. The Labute approximate surface area is 164 Å². The lowest BCUT2D eigenvalue weighted by atomic mass is 9.79. The van der Waals surface area contributed by atoms with Gasteiger partial charge in [0.25, 0.3) is 11.5 Å². The lowest BCUT2D eigenvalue weighted by Crippen LogP contribution is -2.59. The van der Waals surface area contributed by atoms with Crippen molar-refractivity contribution in [2.45, 2.75) is 44.6 Å². The van der Waals surface area contributed by atoms with Crippen molar-refractivity contribution in [2.75, 3.05) is 32.8 Å². The molecule has 7 heteroatoms. The summed E-state index contributed by atoms with van der Waals surface area (Å²) in [5.41, 5.74) is 1.31. The molecule has 0 aromatic carbocycles. The number of hydrogen-bond acceptors (Lipinski definition) is 5. The van der Waals surface area contributed by atoms with Crippen LogP contribution in [-0.4, -0.2) is 58.6 Å². The maximum Gasteiger partial charge on any atom is 0.270 e. The second-order valence-corrected chi connectivity index (χ2v) is 7.98. The van der Waals surface area contributed by atoms with E-state index in [0.717, 1.165) is 44.7 Å². The Bertz CT molecular complexity index is 911. The summed E-state index contributed by atoms with van der Waals surface area (Å²) < 4.78 is 6.94. The van der Waals surface area contributed by atoms with Gasteiger partial charge in [0.2, 0.25) is 0 Å². The highest BCUT2D eigenvalue weighted by atomic mass is 16.5. The number of pyridine rings is 1. The van der Waals surface area contributed by atoms with Gasteiger partial charge in [0.15, 0.2) is 0 Å². The van der Waals surface area contributed by atoms with Crippen LogP contribution in [0.15, 0.2) is 29.3 Å². The molecule has 2 fully saturated rings. The summed E-state index contributed by atoms with van der Waals surface area (Å²) in [6.07, 6.45) is 8.81. The number of fused-ring (bicyclic) bond motifs is 1. The largest absolute Gasteiger partial charge is 0.379 e. The Morgan fingerprint density at radius 1 is 1.25 bits per heavy atom. The average molecular weight is 384 g/mol. The third-order valence-corrected chi connectivity index (χ3v) is 6.15. The fraction of sp³-hybridized carbons (Fsp3) is 0.571. The molecule has 0 spiro atoms. The van der Waals surface area contributed by atoms with Crippen molar-refractivity contribution in [2.24, 2.45) is 0 Å². The van der Waals surface area contributed by atoms with Crippen LogP contribution >= 0.6 is 0 Å². The van der Waals surface area contributed by atoms with E-state index < -0.39 is 0 Å². The number of hydrogen-bond donors (Lipinski definition) is 1. The van der Waals surface area contributed by atoms with Gasteiger partial charge in [0, 0.05) is 37.6 Å². The average Bonchev–Trinajstić information content (AvgIpc) is 2.73. The van der Waals surface area contributed by atoms with E-state index in [1.165, 1.54) is 29.9 Å². The number of carbonyl (C=O) groups is 1. The van der Waals surface area contributed by atoms with Crippen LogP contribution in [-0.2, 0) is 4.74 Å². The molecule has 0 radical (unpaired) electrons. The van der Waals surface area contributed by atoms with Gasteiger partial charge >= 0.3 is 0 Å². The molecule has 28 heavy (non-hydrogen) atoms. The second-order valence-electron chi connectivity index (χ2n) is 7.98. The number of amides is 1. The number of aryl methyl sites for hydroxylation is 1. The van der Waals surface area contributed by atoms with Crippen LogP contribution in [0.2, 0.25) is 0 Å². The van der Waals surface area contributed by atoms with Crippen molar-refractivity contribution in [3.8, 4) is 0 Å². The first kappa shape index (κ1) is 19.1. The summed E-state index contributed by atoms with van der Waals surface area (Å²) >= 11 is 0. The molecule has 1 N–H and O–H groups in total. The lowest BCUT2D eigenvalue weighted by molar-refractivity contribution is -0.0361. The molecule has 2 aliphatic rings. The van der Waals surface area contributed by atoms with Crippen molar-refractivity contribution >= 4 is 11.6 Å². The van der Waals surface area contributed by atoms with Gasteiger partial charge in [0.1, 0.15) is 11.2 Å². The highest BCUT2D eigenvalue weighted by Crippen LogP contribution is 2.33. The molecule has 2 aromatic heterocycles. The standard InChI is InChI=1S/C21H28N4O3/c1-16-5-8-25-18(13-16)22-14-17(20(25)27)19(26)23-15-21(6-3-2-4-7-21)24-9-11-28-12-10-24/h5,8,13-14H,2-4,6-7,9-12,15H2,1H3,(H,23,26). The maximum atomic E-state index is 12.8. The minimum absolute atomic E-state index is 0.0325. The third kappa shape index (κ3) is 3.69. The Hall–Kier alpha value is -2.25. The van der Waals surface area contributed by atoms with Crippen LogP contribution in [0.4, 0.5) is 0 Å². The molecule has 7 nitrogen and oxygen atoms in total. The topological polar surface area (TPSA) is 75.9 Å². The van der Waals surface area contributed by atoms with E-state index in [2.05, 4.69) is 15.2 Å². The van der Waals surface area contributed by atoms with Crippen LogP contribution in [0.25, 0.3) is 5.65 Å². The molecular formula is C21H28N4O3. The fourth-order valence-electron chi connectivity index (χ4n) is 4.52. The summed E-state index contributed by atoms with van der Waals surface area (Å²) in [5, 5.41) is 3.05. The summed E-state index contributed by atoms with van der Waals surface area (Å²) in [7, 11) is 0. The Morgan fingerprint density at radius 3 is 2.75 bits per heavy atom. The first-order valence-corrected chi connectivity index (χ1v) is 10.2. The smallest absolute Gasteiger partial charge is 0.270 e. The van der Waals surface area contributed by atoms with E-state index in [0.29, 0.717) is 12.2 Å². The molecule has 1 amide bonds. The third-order valence-electron chi connectivity index (χ3n) is 6.15. The molecule has 0 bridgehead atoms. The quantitative estimate of drug-likeness (QED) is 0.869. The minimum Gasteiger partial charge on any atom is -0.379 e. The van der Waals surface area contributed by atoms with Gasteiger partial charge in [-0.25, -0.2) is 4.98 Å². The van der Waals surface area contributed by atoms with Crippen molar-refractivity contribution in [3.63, 3.8) is 0 Å². The summed E-state index contributed by atoms with van der Waals surface area (Å²) in [6.45, 7) is 5.78. The molecule has 1 saturated heterocycles. The van der Waals surface area contributed by atoms with Gasteiger partial charge in [-0.15, -0.1) is 0 Å². The van der Waals surface area contributed by atoms with Gasteiger partial charge in [0.05, 0.1) is 13.2 Å². The number of aromatic nitrogens is 2. The molecule has 1 saturated carbocycles. The number of carbonyl (C=O) groups excluding carboxylic acids is 1. The zero-order valence-corrected chi connectivity index (χ0v) is 16.4. The fourth-order valence-corrected chi connectivity index (χ4v) is 4.52. The first-order chi connectivity index (χ1) is 13.6. The van der Waals surface area contributed by atoms with Gasteiger partial charge < -0.3 is 10.1 Å². The molecule has 3 heterocycles. The van der Waals surface area contributed by atoms with Crippen LogP contribution in [0.5, 0.6) is 0 Å². The molecule has 150 valence electrons. The molecule has 1 aliphatic heterocycles. The first-order valence-electron chi connectivity index (χ1n) is 10.2. The zero-order chi connectivity index (χ0) is 19.6. The van der Waals surface area contributed by atoms with E-state index >= 15 is 0 Å². The molecule has 2 aromatic rings. The van der Waals surface area contributed by atoms with Crippen molar-refractivity contribution in [3.05, 3.63) is 46.0 Å². The van der Waals surface area contributed by atoms with E-state index in [4.69, 9.17) is 4.74 Å². The SMILES string of the molecule is Cc1ccn2c(=O)c(C(=O)NCC3(N4CCOCC4)CCCCC3)cnc2c1. The Balaban J connectivity index is 1.54. The molecular weight excluding hydrogens is 356 g/mol. The van der Waals surface area contributed by atoms with Crippen LogP contribution in [0.3, 0.4) is 0 Å². The van der Waals surface area contributed by atoms with Gasteiger partial charge in [-0.1, -0.05) is 19.3 Å². The monoisotopic (exact) mass is 384 g/mol. The number of nitrogens with zero attached hydrogens (tertiary/aromatic N) is 3. The summed E-state index contributed by atoms with van der Waals surface area (Å²) in [5.74, 6) is -0.342. The zero-order valence-electron chi connectivity index (χ0n) is 16.4. The number of ether oxygens (including phenoxy) is 1. The van der Waals surface area contributed by atoms with Gasteiger partial charge in [-0.2, -0.15) is 0 Å². The predicted octanol–water partition coefficient (Wildman–Crippen LogP) is 1.77. The summed E-state index contributed by atoms with van der Waals surface area (Å²) in [4.78, 5) is 32.4. The lowest BCUT2D eigenvalue weighted by Gasteiger charge is -2.48. The van der Waals surface area contributed by atoms with E-state index in [1.54, 1.807) is 6.20 Å². The number of morpholine rings is 1. The number of nitrogens with one attached hydrogen (secondary N) is 1. The maximum absolute atomic E-state index is 12.8. The van der Waals surface area contributed by atoms with Crippen molar-refractivity contribution in [1.82, 2.24) is 19.6 Å². The second kappa shape index (κ2) is 8.01. The van der Waals surface area contributed by atoms with Gasteiger partial charge in [-0.3, -0.25) is 18.9 Å². The van der Waals surface area contributed by atoms with E-state index in [1.807, 2.05) is 19.1 Å². The van der Waals surface area contributed by atoms with Crippen molar-refractivity contribution < 1.29 is 9.53 Å². The molecule has 0 unspecified atom stereocenters. The van der Waals surface area contributed by atoms with E-state index in [9.17, 15) is 9.59 Å². The Morgan fingerprint density at radius 2 is 2.00 bits per heavy atom. The van der Waals surface area contributed by atoms with Crippen LogP contribution in [0.1, 0.15) is 48.0 Å². The number of rotatable bonds is 4. The highest BCUT2D eigenvalue weighted by Gasteiger charge is 2.39. The molecule has 1 aliphatic carbocycles. The highest BCUT2D eigenvalue weighted by molar-refractivity contribution is 5.93. The van der Waals surface area contributed by atoms with Crippen LogP contribution in [0, 0.1) is 6.92 Å². The Kier molecular flexibility index (Phi) is 5.46. The molecule has 0 atom stereocenters. The van der Waals surface area contributed by atoms with E-state index in [-0.39, 0.29) is 22.6 Å².